The summed E-state index contributed by atoms with van der Waals surface area (Å²) in [4.78, 5) is 28.4. The zero-order valence-corrected chi connectivity index (χ0v) is 15.2. The van der Waals surface area contributed by atoms with Gasteiger partial charge in [-0.1, -0.05) is 0 Å². The summed E-state index contributed by atoms with van der Waals surface area (Å²) in [6, 6.07) is 10.7. The van der Waals surface area contributed by atoms with Crippen LogP contribution < -0.4 is 15.4 Å². The van der Waals surface area contributed by atoms with Crippen molar-refractivity contribution in [2.24, 2.45) is 5.92 Å². The molecule has 1 saturated carbocycles. The van der Waals surface area contributed by atoms with E-state index in [2.05, 4.69) is 15.6 Å². The van der Waals surface area contributed by atoms with Crippen LogP contribution in [0, 0.1) is 5.92 Å². The van der Waals surface area contributed by atoms with Crippen LogP contribution in [0.2, 0.25) is 0 Å². The standard InChI is InChI=1S/C20H23N3O4/c1-2-26-16-9-7-15(8-10-16)23-19-17(4-3-11-21-19)20(25)22-12-18(24)27-13-14-5-6-14/h3-4,7-11,14H,2,5-6,12-13H2,1H3,(H,21,23)(H,22,25). The number of ether oxygens (including phenoxy) is 2. The largest absolute Gasteiger partial charge is 0.494 e. The first kappa shape index (κ1) is 18.7. The van der Waals surface area contributed by atoms with Crippen LogP contribution in [0.3, 0.4) is 0 Å². The van der Waals surface area contributed by atoms with E-state index in [1.807, 2.05) is 31.2 Å². The number of anilines is 2. The van der Waals surface area contributed by atoms with Gasteiger partial charge in [-0.15, -0.1) is 0 Å². The van der Waals surface area contributed by atoms with Gasteiger partial charge < -0.3 is 20.1 Å². The van der Waals surface area contributed by atoms with Crippen LogP contribution in [0.25, 0.3) is 0 Å². The van der Waals surface area contributed by atoms with E-state index >= 15 is 0 Å². The number of amides is 1. The van der Waals surface area contributed by atoms with Gasteiger partial charge in [0.1, 0.15) is 18.1 Å². The molecule has 0 unspecified atom stereocenters. The van der Waals surface area contributed by atoms with Crippen molar-refractivity contribution in [1.82, 2.24) is 10.3 Å². The van der Waals surface area contributed by atoms with Crippen molar-refractivity contribution >= 4 is 23.4 Å². The van der Waals surface area contributed by atoms with Gasteiger partial charge in [0, 0.05) is 11.9 Å². The van der Waals surface area contributed by atoms with Crippen LogP contribution in [0.5, 0.6) is 5.75 Å². The summed E-state index contributed by atoms with van der Waals surface area (Å²) >= 11 is 0. The number of nitrogens with zero attached hydrogens (tertiary/aromatic N) is 1. The number of hydrogen-bond acceptors (Lipinski definition) is 6. The molecular weight excluding hydrogens is 346 g/mol. The molecule has 3 rings (SSSR count). The van der Waals surface area contributed by atoms with E-state index in [1.54, 1.807) is 18.3 Å². The molecule has 1 aliphatic rings. The first-order valence-electron chi connectivity index (χ1n) is 9.04. The van der Waals surface area contributed by atoms with E-state index in [0.29, 0.717) is 30.5 Å². The molecule has 7 nitrogen and oxygen atoms in total. The third-order valence-corrected chi connectivity index (χ3v) is 4.05. The number of hydrogen-bond donors (Lipinski definition) is 2. The highest BCUT2D eigenvalue weighted by molar-refractivity contribution is 6.00. The topological polar surface area (TPSA) is 89.5 Å². The van der Waals surface area contributed by atoms with E-state index in [9.17, 15) is 9.59 Å². The lowest BCUT2D eigenvalue weighted by Crippen LogP contribution is -2.31. The van der Waals surface area contributed by atoms with Gasteiger partial charge in [0.25, 0.3) is 5.91 Å². The fourth-order valence-corrected chi connectivity index (χ4v) is 2.42. The van der Waals surface area contributed by atoms with Crippen LogP contribution in [0.15, 0.2) is 42.6 Å². The molecule has 27 heavy (non-hydrogen) atoms. The minimum atomic E-state index is -0.430. The lowest BCUT2D eigenvalue weighted by molar-refractivity contribution is -0.142. The summed E-state index contributed by atoms with van der Waals surface area (Å²) in [6.07, 6.45) is 3.81. The molecule has 2 N–H and O–H groups in total. The normalized spacial score (nSPS) is 12.9. The van der Waals surface area contributed by atoms with Gasteiger partial charge in [-0.2, -0.15) is 0 Å². The minimum Gasteiger partial charge on any atom is -0.494 e. The summed E-state index contributed by atoms with van der Waals surface area (Å²) in [7, 11) is 0. The molecule has 0 saturated heterocycles. The van der Waals surface area contributed by atoms with Crippen molar-refractivity contribution in [3.05, 3.63) is 48.2 Å². The Bertz CT molecular complexity index is 788. The number of pyridine rings is 1. The minimum absolute atomic E-state index is 0.164. The van der Waals surface area contributed by atoms with Crippen LogP contribution in [-0.4, -0.2) is 36.6 Å². The highest BCUT2D eigenvalue weighted by atomic mass is 16.5. The quantitative estimate of drug-likeness (QED) is 0.661. The van der Waals surface area contributed by atoms with E-state index in [1.165, 1.54) is 0 Å². The lowest BCUT2D eigenvalue weighted by atomic mass is 10.2. The van der Waals surface area contributed by atoms with Gasteiger partial charge in [-0.05, 0) is 62.1 Å². The van der Waals surface area contributed by atoms with Gasteiger partial charge in [-0.25, -0.2) is 4.98 Å². The molecule has 2 aromatic rings. The second-order valence-corrected chi connectivity index (χ2v) is 6.29. The highest BCUT2D eigenvalue weighted by Gasteiger charge is 2.23. The number of benzene rings is 1. The van der Waals surface area contributed by atoms with Crippen molar-refractivity contribution in [2.45, 2.75) is 19.8 Å². The molecule has 7 heteroatoms. The molecule has 0 atom stereocenters. The van der Waals surface area contributed by atoms with Crippen molar-refractivity contribution in [3.63, 3.8) is 0 Å². The Balaban J connectivity index is 1.58. The van der Waals surface area contributed by atoms with E-state index < -0.39 is 5.97 Å². The van der Waals surface area contributed by atoms with Crippen molar-refractivity contribution in [1.29, 1.82) is 0 Å². The number of carbonyl (C=O) groups is 2. The number of esters is 1. The van der Waals surface area contributed by atoms with Crippen LogP contribution >= 0.6 is 0 Å². The number of nitrogens with one attached hydrogen (secondary N) is 2. The zero-order chi connectivity index (χ0) is 19.1. The first-order valence-corrected chi connectivity index (χ1v) is 9.04. The molecule has 0 radical (unpaired) electrons. The Morgan fingerprint density at radius 2 is 1.96 bits per heavy atom. The monoisotopic (exact) mass is 369 g/mol. The molecular formula is C20H23N3O4. The molecule has 0 aliphatic heterocycles. The Morgan fingerprint density at radius 3 is 2.67 bits per heavy atom. The molecule has 1 aliphatic carbocycles. The van der Waals surface area contributed by atoms with Crippen molar-refractivity contribution in [2.75, 3.05) is 25.1 Å². The fraction of sp³-hybridized carbons (Fsp3) is 0.350. The van der Waals surface area contributed by atoms with Gasteiger partial charge in [-0.3, -0.25) is 9.59 Å². The van der Waals surface area contributed by atoms with Gasteiger partial charge in [0.15, 0.2) is 0 Å². The Morgan fingerprint density at radius 1 is 1.19 bits per heavy atom. The number of carbonyl (C=O) groups excluding carboxylic acids is 2. The third kappa shape index (κ3) is 5.70. The lowest BCUT2D eigenvalue weighted by Gasteiger charge is -2.12. The maximum Gasteiger partial charge on any atom is 0.325 e. The molecule has 1 heterocycles. The Hall–Kier alpha value is -3.09. The summed E-state index contributed by atoms with van der Waals surface area (Å²) in [5, 5.41) is 5.70. The van der Waals surface area contributed by atoms with Gasteiger partial charge >= 0.3 is 5.97 Å². The SMILES string of the molecule is CCOc1ccc(Nc2ncccc2C(=O)NCC(=O)OCC2CC2)cc1. The van der Waals surface area contributed by atoms with Gasteiger partial charge in [0.05, 0.1) is 18.8 Å². The Kier molecular flexibility index (Phi) is 6.25. The van der Waals surface area contributed by atoms with Crippen molar-refractivity contribution < 1.29 is 19.1 Å². The summed E-state index contributed by atoms with van der Waals surface area (Å²) < 4.78 is 10.5. The van der Waals surface area contributed by atoms with Crippen LogP contribution in [-0.2, 0) is 9.53 Å². The van der Waals surface area contributed by atoms with Crippen LogP contribution in [0.4, 0.5) is 11.5 Å². The fourth-order valence-electron chi connectivity index (χ4n) is 2.42. The highest BCUT2D eigenvalue weighted by Crippen LogP contribution is 2.28. The summed E-state index contributed by atoms with van der Waals surface area (Å²) in [5.41, 5.74) is 1.12. The number of aromatic nitrogens is 1. The van der Waals surface area contributed by atoms with Gasteiger partial charge in [0.2, 0.25) is 0 Å². The van der Waals surface area contributed by atoms with Crippen LogP contribution in [0.1, 0.15) is 30.1 Å². The maximum atomic E-state index is 12.4. The molecule has 1 aromatic carbocycles. The predicted molar refractivity (Wildman–Crippen MR) is 101 cm³/mol. The van der Waals surface area contributed by atoms with E-state index in [-0.39, 0.29) is 12.5 Å². The summed E-state index contributed by atoms with van der Waals surface area (Å²) in [6.45, 7) is 2.79. The third-order valence-electron chi connectivity index (χ3n) is 4.05. The van der Waals surface area contributed by atoms with Crippen molar-refractivity contribution in [3.8, 4) is 5.75 Å². The summed E-state index contributed by atoms with van der Waals surface area (Å²) in [5.74, 6) is 0.852. The molecule has 142 valence electrons. The maximum absolute atomic E-state index is 12.4. The second-order valence-electron chi connectivity index (χ2n) is 6.29. The molecule has 1 aromatic heterocycles. The predicted octanol–water partition coefficient (Wildman–Crippen LogP) is 2.91. The zero-order valence-electron chi connectivity index (χ0n) is 15.2. The van der Waals surface area contributed by atoms with E-state index in [0.717, 1.165) is 24.3 Å². The Labute approximate surface area is 158 Å². The average molecular weight is 369 g/mol. The second kappa shape index (κ2) is 9.02. The first-order chi connectivity index (χ1) is 13.2. The average Bonchev–Trinajstić information content (AvgIpc) is 3.51. The van der Waals surface area contributed by atoms with E-state index in [4.69, 9.17) is 9.47 Å². The molecule has 1 fully saturated rings. The smallest absolute Gasteiger partial charge is 0.325 e. The number of rotatable bonds is 9. The molecule has 0 spiro atoms. The molecule has 1 amide bonds. The molecule has 0 bridgehead atoms.